The molecular formula is C18H21NO2S. The third-order valence-corrected chi connectivity index (χ3v) is 5.36. The van der Waals surface area contributed by atoms with Crippen LogP contribution in [0, 0.1) is 5.92 Å². The van der Waals surface area contributed by atoms with E-state index in [4.69, 9.17) is 0 Å². The Morgan fingerprint density at radius 3 is 2.55 bits per heavy atom. The Hall–Kier alpha value is -1.65. The highest BCUT2D eigenvalue weighted by molar-refractivity contribution is 7.12. The van der Waals surface area contributed by atoms with Gasteiger partial charge in [0.25, 0.3) is 5.91 Å². The molecule has 1 aliphatic rings. The summed E-state index contributed by atoms with van der Waals surface area (Å²) in [6.07, 6.45) is 1.49. The van der Waals surface area contributed by atoms with Gasteiger partial charge in [-0.25, -0.2) is 0 Å². The minimum absolute atomic E-state index is 0.123. The van der Waals surface area contributed by atoms with Crippen LogP contribution in [0.1, 0.15) is 29.4 Å². The van der Waals surface area contributed by atoms with E-state index in [2.05, 4.69) is 0 Å². The van der Waals surface area contributed by atoms with Gasteiger partial charge in [0.15, 0.2) is 0 Å². The number of amides is 1. The first-order valence-electron chi connectivity index (χ1n) is 7.77. The van der Waals surface area contributed by atoms with Crippen LogP contribution in [0.5, 0.6) is 0 Å². The van der Waals surface area contributed by atoms with Crippen LogP contribution in [0.3, 0.4) is 0 Å². The molecule has 22 heavy (non-hydrogen) atoms. The quantitative estimate of drug-likeness (QED) is 0.939. The van der Waals surface area contributed by atoms with Crippen molar-refractivity contribution in [3.8, 4) is 11.1 Å². The molecule has 2 heterocycles. The maximum Gasteiger partial charge on any atom is 0.264 e. The van der Waals surface area contributed by atoms with Gasteiger partial charge in [-0.2, -0.15) is 0 Å². The standard InChI is InChI=1S/C18H21NO2S/c1-13(20)14-7-10-19(11-8-14)18(21)17-16(9-12-22-17)15-5-3-2-4-6-15/h2-6,9,12-14,20H,7-8,10-11H2,1H3. The number of benzene rings is 1. The second-order valence-corrected chi connectivity index (χ2v) is 6.82. The smallest absolute Gasteiger partial charge is 0.264 e. The highest BCUT2D eigenvalue weighted by Crippen LogP contribution is 2.30. The van der Waals surface area contributed by atoms with Crippen molar-refractivity contribution in [2.24, 2.45) is 5.92 Å². The van der Waals surface area contributed by atoms with Crippen molar-refractivity contribution in [3.05, 3.63) is 46.7 Å². The number of carbonyl (C=O) groups excluding carboxylic acids is 1. The van der Waals surface area contributed by atoms with E-state index in [0.717, 1.165) is 41.9 Å². The third kappa shape index (κ3) is 3.08. The summed E-state index contributed by atoms with van der Waals surface area (Å²) >= 11 is 1.51. The Morgan fingerprint density at radius 1 is 1.23 bits per heavy atom. The average molecular weight is 315 g/mol. The number of piperidine rings is 1. The minimum atomic E-state index is -0.279. The molecule has 116 valence electrons. The van der Waals surface area contributed by atoms with Crippen LogP contribution < -0.4 is 0 Å². The van der Waals surface area contributed by atoms with Crippen LogP contribution >= 0.6 is 11.3 Å². The van der Waals surface area contributed by atoms with Crippen LogP contribution in [-0.2, 0) is 0 Å². The summed E-state index contributed by atoms with van der Waals surface area (Å²) in [6, 6.07) is 12.1. The van der Waals surface area contributed by atoms with Crippen LogP contribution in [0.25, 0.3) is 11.1 Å². The molecule has 3 nitrogen and oxygen atoms in total. The molecule has 0 aliphatic carbocycles. The first-order chi connectivity index (χ1) is 10.7. The van der Waals surface area contributed by atoms with E-state index in [-0.39, 0.29) is 12.0 Å². The molecule has 1 N–H and O–H groups in total. The maximum absolute atomic E-state index is 12.8. The summed E-state index contributed by atoms with van der Waals surface area (Å²) < 4.78 is 0. The van der Waals surface area contributed by atoms with Crippen molar-refractivity contribution >= 4 is 17.2 Å². The fraction of sp³-hybridized carbons (Fsp3) is 0.389. The Morgan fingerprint density at radius 2 is 1.91 bits per heavy atom. The summed E-state index contributed by atoms with van der Waals surface area (Å²) in [4.78, 5) is 15.6. The summed E-state index contributed by atoms with van der Waals surface area (Å²) in [5, 5.41) is 11.7. The zero-order chi connectivity index (χ0) is 15.5. The average Bonchev–Trinajstić information content (AvgIpc) is 3.04. The van der Waals surface area contributed by atoms with Crippen LogP contribution in [0.15, 0.2) is 41.8 Å². The molecule has 1 aromatic heterocycles. The maximum atomic E-state index is 12.8. The second kappa shape index (κ2) is 6.63. The van der Waals surface area contributed by atoms with Gasteiger partial charge in [0.05, 0.1) is 11.0 Å². The van der Waals surface area contributed by atoms with Gasteiger partial charge < -0.3 is 10.0 Å². The van der Waals surface area contributed by atoms with Gasteiger partial charge in [-0.15, -0.1) is 11.3 Å². The largest absolute Gasteiger partial charge is 0.393 e. The monoisotopic (exact) mass is 315 g/mol. The lowest BCUT2D eigenvalue weighted by molar-refractivity contribution is 0.0525. The number of hydrogen-bond donors (Lipinski definition) is 1. The lowest BCUT2D eigenvalue weighted by Crippen LogP contribution is -2.40. The number of likely N-dealkylation sites (tertiary alicyclic amines) is 1. The van der Waals surface area contributed by atoms with Crippen molar-refractivity contribution in [3.63, 3.8) is 0 Å². The number of rotatable bonds is 3. The zero-order valence-electron chi connectivity index (χ0n) is 12.7. The normalized spacial score (nSPS) is 17.5. The predicted molar refractivity (Wildman–Crippen MR) is 90.1 cm³/mol. The minimum Gasteiger partial charge on any atom is -0.393 e. The van der Waals surface area contributed by atoms with E-state index in [1.807, 2.05) is 53.6 Å². The van der Waals surface area contributed by atoms with Crippen molar-refractivity contribution in [2.75, 3.05) is 13.1 Å². The number of thiophene rings is 1. The molecule has 3 rings (SSSR count). The third-order valence-electron chi connectivity index (χ3n) is 4.45. The predicted octanol–water partition coefficient (Wildman–Crippen LogP) is 3.65. The van der Waals surface area contributed by atoms with E-state index in [0.29, 0.717) is 5.92 Å². The Bertz CT molecular complexity index is 628. The molecular weight excluding hydrogens is 294 g/mol. The number of aliphatic hydroxyl groups is 1. The van der Waals surface area contributed by atoms with Crippen LogP contribution in [0.4, 0.5) is 0 Å². The fourth-order valence-electron chi connectivity index (χ4n) is 3.05. The van der Waals surface area contributed by atoms with E-state index in [9.17, 15) is 9.90 Å². The molecule has 0 saturated carbocycles. The lowest BCUT2D eigenvalue weighted by Gasteiger charge is -2.33. The topological polar surface area (TPSA) is 40.5 Å². The van der Waals surface area contributed by atoms with Crippen molar-refractivity contribution < 1.29 is 9.90 Å². The van der Waals surface area contributed by atoms with Crippen molar-refractivity contribution in [2.45, 2.75) is 25.9 Å². The summed E-state index contributed by atoms with van der Waals surface area (Å²) in [7, 11) is 0. The fourth-order valence-corrected chi connectivity index (χ4v) is 3.93. The van der Waals surface area contributed by atoms with Gasteiger partial charge in [0.2, 0.25) is 0 Å². The summed E-state index contributed by atoms with van der Waals surface area (Å²) in [6.45, 7) is 3.32. The zero-order valence-corrected chi connectivity index (χ0v) is 13.6. The van der Waals surface area contributed by atoms with Crippen molar-refractivity contribution in [1.82, 2.24) is 4.90 Å². The SMILES string of the molecule is CC(O)C1CCN(C(=O)c2sccc2-c2ccccc2)CC1. The van der Waals surface area contributed by atoms with Gasteiger partial charge >= 0.3 is 0 Å². The Labute approximate surface area is 135 Å². The molecule has 1 saturated heterocycles. The number of carbonyl (C=O) groups is 1. The Balaban J connectivity index is 1.76. The van der Waals surface area contributed by atoms with E-state index in [1.54, 1.807) is 0 Å². The number of hydrogen-bond acceptors (Lipinski definition) is 3. The van der Waals surface area contributed by atoms with Gasteiger partial charge in [0, 0.05) is 18.7 Å². The van der Waals surface area contributed by atoms with Gasteiger partial charge in [-0.3, -0.25) is 4.79 Å². The lowest BCUT2D eigenvalue weighted by atomic mass is 9.92. The van der Waals surface area contributed by atoms with Gasteiger partial charge in [0.1, 0.15) is 0 Å². The van der Waals surface area contributed by atoms with Gasteiger partial charge in [-0.05, 0) is 42.7 Å². The molecule has 0 bridgehead atoms. The molecule has 0 spiro atoms. The van der Waals surface area contributed by atoms with E-state index in [1.165, 1.54) is 11.3 Å². The highest BCUT2D eigenvalue weighted by Gasteiger charge is 2.27. The summed E-state index contributed by atoms with van der Waals surface area (Å²) in [5.41, 5.74) is 2.11. The van der Waals surface area contributed by atoms with E-state index < -0.39 is 0 Å². The van der Waals surface area contributed by atoms with Crippen LogP contribution in [0.2, 0.25) is 0 Å². The van der Waals surface area contributed by atoms with E-state index >= 15 is 0 Å². The summed E-state index contributed by atoms with van der Waals surface area (Å²) in [5.74, 6) is 0.443. The molecule has 1 aliphatic heterocycles. The molecule has 1 atom stereocenters. The first-order valence-corrected chi connectivity index (χ1v) is 8.65. The van der Waals surface area contributed by atoms with Crippen molar-refractivity contribution in [1.29, 1.82) is 0 Å². The highest BCUT2D eigenvalue weighted by atomic mass is 32.1. The molecule has 2 aromatic rings. The Kier molecular flexibility index (Phi) is 4.60. The number of nitrogens with zero attached hydrogens (tertiary/aromatic N) is 1. The van der Waals surface area contributed by atoms with Crippen LogP contribution in [-0.4, -0.2) is 35.1 Å². The molecule has 1 aromatic carbocycles. The number of aliphatic hydroxyl groups excluding tert-OH is 1. The van der Waals surface area contributed by atoms with Gasteiger partial charge in [-0.1, -0.05) is 30.3 Å². The molecule has 1 fully saturated rings. The molecule has 1 amide bonds. The molecule has 0 radical (unpaired) electrons. The second-order valence-electron chi connectivity index (χ2n) is 5.90. The molecule has 1 unspecified atom stereocenters. The molecule has 4 heteroatoms. The first kappa shape index (κ1) is 15.3.